The third-order valence-corrected chi connectivity index (χ3v) is 5.89. The highest BCUT2D eigenvalue weighted by atomic mass is 79.9. The first kappa shape index (κ1) is 18.9. The second-order valence-electron chi connectivity index (χ2n) is 5.05. The van der Waals surface area contributed by atoms with Crippen molar-refractivity contribution in [1.82, 2.24) is 14.9 Å². The molecule has 0 aliphatic heterocycles. The quantitative estimate of drug-likeness (QED) is 0.518. The standard InChI is InChI=1S/C16H17BrN4OS2/c1-4-21(8-12-5-6-14(17)24-12)15(22)9-23-16-13(7-18)10(2)19-11(3)20-16/h5-6H,4,8-9H2,1-3H3. The fraction of sp³-hybridized carbons (Fsp3) is 0.375. The molecule has 2 aromatic rings. The summed E-state index contributed by atoms with van der Waals surface area (Å²) in [6.45, 7) is 6.77. The van der Waals surface area contributed by atoms with Gasteiger partial charge in [-0.2, -0.15) is 5.26 Å². The van der Waals surface area contributed by atoms with Crippen LogP contribution in [0.2, 0.25) is 0 Å². The predicted molar refractivity (Wildman–Crippen MR) is 100 cm³/mol. The normalized spacial score (nSPS) is 10.5. The van der Waals surface area contributed by atoms with E-state index < -0.39 is 0 Å². The van der Waals surface area contributed by atoms with Gasteiger partial charge in [-0.05, 0) is 48.8 Å². The summed E-state index contributed by atoms with van der Waals surface area (Å²) in [7, 11) is 0. The highest BCUT2D eigenvalue weighted by Crippen LogP contribution is 2.25. The van der Waals surface area contributed by atoms with Crippen LogP contribution in [0, 0.1) is 25.2 Å². The number of aromatic nitrogens is 2. The van der Waals surface area contributed by atoms with E-state index in [1.807, 2.05) is 19.1 Å². The highest BCUT2D eigenvalue weighted by Gasteiger charge is 2.17. The lowest BCUT2D eigenvalue weighted by molar-refractivity contribution is -0.128. The minimum Gasteiger partial charge on any atom is -0.337 e. The Morgan fingerprint density at radius 1 is 1.42 bits per heavy atom. The van der Waals surface area contributed by atoms with E-state index in [0.717, 1.165) is 8.66 Å². The molecular formula is C16H17BrN4OS2. The Bertz CT molecular complexity index is 785. The monoisotopic (exact) mass is 424 g/mol. The van der Waals surface area contributed by atoms with E-state index >= 15 is 0 Å². The fourth-order valence-electron chi connectivity index (χ4n) is 2.14. The zero-order valence-corrected chi connectivity index (χ0v) is 16.9. The maximum atomic E-state index is 12.5. The van der Waals surface area contributed by atoms with Crippen molar-refractivity contribution in [2.75, 3.05) is 12.3 Å². The topological polar surface area (TPSA) is 69.9 Å². The first-order chi connectivity index (χ1) is 11.4. The van der Waals surface area contributed by atoms with Crippen LogP contribution in [0.25, 0.3) is 0 Å². The number of amides is 1. The molecule has 126 valence electrons. The van der Waals surface area contributed by atoms with Gasteiger partial charge < -0.3 is 4.90 Å². The number of thiophene rings is 1. The summed E-state index contributed by atoms with van der Waals surface area (Å²) in [5.41, 5.74) is 1.10. The molecule has 0 aromatic carbocycles. The number of carbonyl (C=O) groups is 1. The molecule has 0 aliphatic carbocycles. The minimum atomic E-state index is 0.0323. The maximum absolute atomic E-state index is 12.5. The molecule has 0 radical (unpaired) electrons. The number of carbonyl (C=O) groups excluding carboxylic acids is 1. The predicted octanol–water partition coefficient (Wildman–Crippen LogP) is 3.93. The van der Waals surface area contributed by atoms with Crippen LogP contribution in [0.5, 0.6) is 0 Å². The molecule has 2 heterocycles. The molecule has 0 aliphatic rings. The highest BCUT2D eigenvalue weighted by molar-refractivity contribution is 9.11. The third-order valence-electron chi connectivity index (χ3n) is 3.32. The van der Waals surface area contributed by atoms with Crippen LogP contribution in [0.15, 0.2) is 20.9 Å². The number of aryl methyl sites for hydroxylation is 2. The number of nitriles is 1. The van der Waals surface area contributed by atoms with Crippen molar-refractivity contribution in [3.8, 4) is 6.07 Å². The van der Waals surface area contributed by atoms with Crippen LogP contribution in [0.3, 0.4) is 0 Å². The van der Waals surface area contributed by atoms with Gasteiger partial charge in [0.2, 0.25) is 5.91 Å². The maximum Gasteiger partial charge on any atom is 0.233 e. The zero-order chi connectivity index (χ0) is 17.7. The first-order valence-corrected chi connectivity index (χ1v) is 9.94. The van der Waals surface area contributed by atoms with Crippen molar-refractivity contribution in [2.24, 2.45) is 0 Å². The molecule has 5 nitrogen and oxygen atoms in total. The van der Waals surface area contributed by atoms with Gasteiger partial charge in [-0.25, -0.2) is 9.97 Å². The molecule has 0 saturated heterocycles. The second kappa shape index (κ2) is 8.60. The van der Waals surface area contributed by atoms with Crippen molar-refractivity contribution in [1.29, 1.82) is 5.26 Å². The van der Waals surface area contributed by atoms with Crippen molar-refractivity contribution in [3.63, 3.8) is 0 Å². The van der Waals surface area contributed by atoms with Gasteiger partial charge in [0, 0.05) is 11.4 Å². The van der Waals surface area contributed by atoms with E-state index in [4.69, 9.17) is 0 Å². The number of thioether (sulfide) groups is 1. The van der Waals surface area contributed by atoms with Crippen LogP contribution in [-0.2, 0) is 11.3 Å². The average Bonchev–Trinajstić information content (AvgIpc) is 2.95. The summed E-state index contributed by atoms with van der Waals surface area (Å²) in [5.74, 6) is 0.896. The van der Waals surface area contributed by atoms with E-state index in [9.17, 15) is 10.1 Å². The van der Waals surface area contributed by atoms with E-state index in [2.05, 4.69) is 32.0 Å². The smallest absolute Gasteiger partial charge is 0.233 e. The molecule has 2 rings (SSSR count). The molecule has 0 bridgehead atoms. The largest absolute Gasteiger partial charge is 0.337 e. The second-order valence-corrected chi connectivity index (χ2v) is 8.56. The Balaban J connectivity index is 2.05. The Kier molecular flexibility index (Phi) is 6.78. The molecule has 24 heavy (non-hydrogen) atoms. The van der Waals surface area contributed by atoms with Gasteiger partial charge in [-0.15, -0.1) is 11.3 Å². The molecule has 0 N–H and O–H groups in total. The Morgan fingerprint density at radius 2 is 2.17 bits per heavy atom. The van der Waals surface area contributed by atoms with Crippen molar-refractivity contribution < 1.29 is 4.79 Å². The number of rotatable bonds is 6. The number of hydrogen-bond acceptors (Lipinski definition) is 6. The summed E-state index contributed by atoms with van der Waals surface area (Å²) >= 11 is 6.36. The average molecular weight is 425 g/mol. The van der Waals surface area contributed by atoms with E-state index in [0.29, 0.717) is 35.2 Å². The van der Waals surface area contributed by atoms with Crippen LogP contribution >= 0.6 is 39.0 Å². The SMILES string of the molecule is CCN(Cc1ccc(Br)s1)C(=O)CSc1nc(C)nc(C)c1C#N. The van der Waals surface area contributed by atoms with Gasteiger partial charge in [-0.1, -0.05) is 11.8 Å². The minimum absolute atomic E-state index is 0.0323. The summed E-state index contributed by atoms with van der Waals surface area (Å²) in [4.78, 5) is 23.9. The molecule has 0 fully saturated rings. The van der Waals surface area contributed by atoms with Crippen LogP contribution in [0.4, 0.5) is 0 Å². The molecule has 8 heteroatoms. The van der Waals surface area contributed by atoms with Crippen molar-refractivity contribution in [2.45, 2.75) is 32.3 Å². The lowest BCUT2D eigenvalue weighted by Crippen LogP contribution is -2.31. The van der Waals surface area contributed by atoms with Crippen molar-refractivity contribution in [3.05, 3.63) is 37.9 Å². The van der Waals surface area contributed by atoms with E-state index in [1.54, 1.807) is 30.1 Å². The summed E-state index contributed by atoms with van der Waals surface area (Å²) in [5, 5.41) is 9.84. The van der Waals surface area contributed by atoms with Crippen molar-refractivity contribution >= 4 is 44.9 Å². The molecule has 1 amide bonds. The van der Waals surface area contributed by atoms with Gasteiger partial charge in [0.25, 0.3) is 0 Å². The van der Waals surface area contributed by atoms with Gasteiger partial charge in [0.1, 0.15) is 22.5 Å². The summed E-state index contributed by atoms with van der Waals surface area (Å²) in [6.07, 6.45) is 0. The third kappa shape index (κ3) is 4.79. The van der Waals surface area contributed by atoms with E-state index in [-0.39, 0.29) is 11.7 Å². The first-order valence-electron chi connectivity index (χ1n) is 7.34. The van der Waals surface area contributed by atoms with Gasteiger partial charge in [-0.3, -0.25) is 4.79 Å². The number of nitrogens with zero attached hydrogens (tertiary/aromatic N) is 4. The number of hydrogen-bond donors (Lipinski definition) is 0. The molecule has 0 unspecified atom stereocenters. The van der Waals surface area contributed by atoms with E-state index in [1.165, 1.54) is 11.8 Å². The van der Waals surface area contributed by atoms with Gasteiger partial charge >= 0.3 is 0 Å². The Hall–Kier alpha value is -1.43. The van der Waals surface area contributed by atoms with Gasteiger partial charge in [0.05, 0.1) is 21.8 Å². The Labute approximate surface area is 158 Å². The fourth-order valence-corrected chi connectivity index (χ4v) is 4.61. The van der Waals surface area contributed by atoms with Crippen LogP contribution in [0.1, 0.15) is 28.9 Å². The molecule has 0 atom stereocenters. The molecule has 0 spiro atoms. The lowest BCUT2D eigenvalue weighted by atomic mass is 10.3. The molecular weight excluding hydrogens is 408 g/mol. The Morgan fingerprint density at radius 3 is 2.75 bits per heavy atom. The van der Waals surface area contributed by atoms with Gasteiger partial charge in [0.15, 0.2) is 0 Å². The zero-order valence-electron chi connectivity index (χ0n) is 13.7. The van der Waals surface area contributed by atoms with Crippen LogP contribution in [-0.4, -0.2) is 33.1 Å². The molecule has 0 saturated carbocycles. The molecule has 2 aromatic heterocycles. The summed E-state index contributed by atoms with van der Waals surface area (Å²) in [6, 6.07) is 6.13. The van der Waals surface area contributed by atoms with Crippen LogP contribution < -0.4 is 0 Å². The lowest BCUT2D eigenvalue weighted by Gasteiger charge is -2.20. The summed E-state index contributed by atoms with van der Waals surface area (Å²) < 4.78 is 1.06. The number of halogens is 1.